The van der Waals surface area contributed by atoms with Crippen molar-refractivity contribution in [3.63, 3.8) is 0 Å². The van der Waals surface area contributed by atoms with Gasteiger partial charge in [0.1, 0.15) is 0 Å². The van der Waals surface area contributed by atoms with Gasteiger partial charge in [-0.1, -0.05) is 42.5 Å². The second kappa shape index (κ2) is 10.8. The fourth-order valence-corrected chi connectivity index (χ4v) is 2.74. The Balaban J connectivity index is 0.00000420. The van der Waals surface area contributed by atoms with Crippen LogP contribution in [0, 0.1) is 0 Å². The maximum atomic E-state index is 13.0. The molecule has 2 rings (SSSR count). The highest BCUT2D eigenvalue weighted by molar-refractivity contribution is 5.96. The van der Waals surface area contributed by atoms with Gasteiger partial charge < -0.3 is 16.0 Å². The molecule has 0 fully saturated rings. The van der Waals surface area contributed by atoms with Crippen LogP contribution in [-0.4, -0.2) is 35.8 Å². The van der Waals surface area contributed by atoms with Crippen molar-refractivity contribution in [3.05, 3.63) is 65.7 Å². The zero-order chi connectivity index (χ0) is 20.7. The second-order valence-electron chi connectivity index (χ2n) is 6.24. The minimum Gasteiger partial charge on any atom is -0.332 e. The first kappa shape index (κ1) is 24.5. The van der Waals surface area contributed by atoms with Crippen LogP contribution in [0.5, 0.6) is 0 Å². The summed E-state index contributed by atoms with van der Waals surface area (Å²) in [6.45, 7) is 1.49. The number of amides is 2. The van der Waals surface area contributed by atoms with Crippen molar-refractivity contribution in [2.75, 3.05) is 18.4 Å². The Labute approximate surface area is 173 Å². The number of rotatable bonds is 7. The van der Waals surface area contributed by atoms with E-state index < -0.39 is 29.6 Å². The lowest BCUT2D eigenvalue weighted by molar-refractivity contribution is -0.137. The molecule has 0 aliphatic heterocycles. The van der Waals surface area contributed by atoms with Crippen LogP contribution in [0.3, 0.4) is 0 Å². The second-order valence-corrected chi connectivity index (χ2v) is 6.24. The lowest BCUT2D eigenvalue weighted by atomic mass is 10.1. The molecule has 2 aromatic rings. The fraction of sp³-hybridized carbons (Fsp3) is 0.300. The first-order chi connectivity index (χ1) is 13.2. The molecule has 0 spiro atoms. The molecule has 0 radical (unpaired) electrons. The molecule has 0 saturated heterocycles. The van der Waals surface area contributed by atoms with E-state index in [1.54, 1.807) is 6.92 Å². The third-order valence-corrected chi connectivity index (χ3v) is 4.15. The van der Waals surface area contributed by atoms with Gasteiger partial charge in [-0.15, -0.1) is 12.4 Å². The number of nitrogens with zero attached hydrogens (tertiary/aromatic N) is 1. The Kier molecular flexibility index (Phi) is 9.13. The van der Waals surface area contributed by atoms with Gasteiger partial charge in [-0.2, -0.15) is 13.2 Å². The summed E-state index contributed by atoms with van der Waals surface area (Å²) in [5, 5.41) is 2.23. The van der Waals surface area contributed by atoms with Crippen LogP contribution < -0.4 is 11.1 Å². The van der Waals surface area contributed by atoms with Crippen molar-refractivity contribution in [2.45, 2.75) is 25.6 Å². The molecular weight excluding hydrogens is 407 g/mol. The third-order valence-electron chi connectivity index (χ3n) is 4.15. The highest BCUT2D eigenvalue weighted by Crippen LogP contribution is 2.34. The van der Waals surface area contributed by atoms with Crippen LogP contribution in [0.1, 0.15) is 18.1 Å². The molecule has 5 nitrogen and oxygen atoms in total. The van der Waals surface area contributed by atoms with E-state index in [9.17, 15) is 22.8 Å². The van der Waals surface area contributed by atoms with Crippen LogP contribution in [0.2, 0.25) is 0 Å². The molecule has 1 atom stereocenters. The summed E-state index contributed by atoms with van der Waals surface area (Å²) in [5.41, 5.74) is 5.55. The van der Waals surface area contributed by atoms with E-state index in [1.165, 1.54) is 23.1 Å². The highest BCUT2D eigenvalue weighted by atomic mass is 35.5. The molecule has 3 N–H and O–H groups in total. The van der Waals surface area contributed by atoms with Crippen LogP contribution in [-0.2, 0) is 22.2 Å². The number of carbonyl (C=O) groups excluding carboxylic acids is 2. The lowest BCUT2D eigenvalue weighted by Crippen LogP contribution is -2.47. The van der Waals surface area contributed by atoms with Crippen molar-refractivity contribution in [1.82, 2.24) is 4.90 Å². The summed E-state index contributed by atoms with van der Waals surface area (Å²) in [6.07, 6.45) is -4.29. The van der Waals surface area contributed by atoms with E-state index >= 15 is 0 Å². The molecule has 0 heterocycles. The Morgan fingerprint density at radius 2 is 1.66 bits per heavy atom. The van der Waals surface area contributed by atoms with Crippen molar-refractivity contribution in [2.24, 2.45) is 5.73 Å². The van der Waals surface area contributed by atoms with E-state index in [-0.39, 0.29) is 31.2 Å². The quantitative estimate of drug-likeness (QED) is 0.707. The number of halogens is 4. The number of hydrogen-bond acceptors (Lipinski definition) is 3. The van der Waals surface area contributed by atoms with E-state index in [0.29, 0.717) is 6.42 Å². The van der Waals surface area contributed by atoms with Crippen molar-refractivity contribution in [3.8, 4) is 0 Å². The Morgan fingerprint density at radius 1 is 1.07 bits per heavy atom. The van der Waals surface area contributed by atoms with Gasteiger partial charge in [0, 0.05) is 6.54 Å². The molecule has 0 saturated carbocycles. The van der Waals surface area contributed by atoms with Gasteiger partial charge in [0.2, 0.25) is 11.8 Å². The van der Waals surface area contributed by atoms with Gasteiger partial charge in [-0.3, -0.25) is 9.59 Å². The average Bonchev–Trinajstić information content (AvgIpc) is 2.66. The molecule has 29 heavy (non-hydrogen) atoms. The van der Waals surface area contributed by atoms with Gasteiger partial charge in [-0.25, -0.2) is 0 Å². The first-order valence-corrected chi connectivity index (χ1v) is 8.76. The Bertz CT molecular complexity index is 816. The topological polar surface area (TPSA) is 75.4 Å². The number of carbonyl (C=O) groups is 2. The molecule has 0 aromatic heterocycles. The summed E-state index contributed by atoms with van der Waals surface area (Å²) >= 11 is 0. The van der Waals surface area contributed by atoms with E-state index in [1.807, 2.05) is 30.3 Å². The van der Waals surface area contributed by atoms with Gasteiger partial charge in [0.25, 0.3) is 0 Å². The summed E-state index contributed by atoms with van der Waals surface area (Å²) in [7, 11) is 0. The maximum absolute atomic E-state index is 13.0. The van der Waals surface area contributed by atoms with E-state index in [0.717, 1.165) is 11.6 Å². The summed E-state index contributed by atoms with van der Waals surface area (Å²) < 4.78 is 39.1. The number of likely N-dealkylation sites (N-methyl/N-ethyl adjacent to an activating group) is 1. The van der Waals surface area contributed by atoms with Crippen LogP contribution >= 0.6 is 12.4 Å². The summed E-state index contributed by atoms with van der Waals surface area (Å²) in [5.74, 6) is -1.16. The molecule has 2 amide bonds. The van der Waals surface area contributed by atoms with Gasteiger partial charge >= 0.3 is 6.18 Å². The number of nitrogens with one attached hydrogen (secondary N) is 1. The Hall–Kier alpha value is -2.58. The van der Waals surface area contributed by atoms with Gasteiger partial charge in [0.05, 0.1) is 23.8 Å². The molecule has 1 unspecified atom stereocenters. The van der Waals surface area contributed by atoms with Gasteiger partial charge in [0.15, 0.2) is 0 Å². The summed E-state index contributed by atoms with van der Waals surface area (Å²) in [4.78, 5) is 26.0. The fourth-order valence-electron chi connectivity index (χ4n) is 2.74. The van der Waals surface area contributed by atoms with E-state index in [4.69, 9.17) is 5.73 Å². The predicted molar refractivity (Wildman–Crippen MR) is 108 cm³/mol. The van der Waals surface area contributed by atoms with Crippen LogP contribution in [0.25, 0.3) is 0 Å². The minimum absolute atomic E-state index is 0. The molecular formula is C20H23ClF3N3O2. The molecule has 2 aromatic carbocycles. The zero-order valence-corrected chi connectivity index (χ0v) is 16.6. The normalized spacial score (nSPS) is 11.9. The average molecular weight is 430 g/mol. The molecule has 0 aliphatic carbocycles. The van der Waals surface area contributed by atoms with Crippen molar-refractivity contribution < 1.29 is 22.8 Å². The molecule has 0 bridgehead atoms. The smallest absolute Gasteiger partial charge is 0.332 e. The van der Waals surface area contributed by atoms with Crippen molar-refractivity contribution >= 4 is 29.9 Å². The van der Waals surface area contributed by atoms with Gasteiger partial charge in [-0.05, 0) is 31.0 Å². The largest absolute Gasteiger partial charge is 0.418 e. The molecule has 9 heteroatoms. The lowest BCUT2D eigenvalue weighted by Gasteiger charge is -2.24. The Morgan fingerprint density at radius 3 is 2.24 bits per heavy atom. The van der Waals surface area contributed by atoms with Crippen molar-refractivity contribution in [1.29, 1.82) is 0 Å². The number of hydrogen-bond donors (Lipinski definition) is 2. The first-order valence-electron chi connectivity index (χ1n) is 8.76. The van der Waals surface area contributed by atoms with Crippen LogP contribution in [0.15, 0.2) is 54.6 Å². The predicted octanol–water partition coefficient (Wildman–Crippen LogP) is 3.48. The number of benzene rings is 2. The monoisotopic (exact) mass is 429 g/mol. The SMILES string of the molecule is CCN(CC(=O)Nc1ccccc1C(F)(F)F)C(=O)C(N)Cc1ccccc1.Cl. The summed E-state index contributed by atoms with van der Waals surface area (Å²) in [6, 6.07) is 13.0. The maximum Gasteiger partial charge on any atom is 0.418 e. The number of para-hydroxylation sites is 1. The standard InChI is InChI=1S/C20H22F3N3O2.ClH/c1-2-26(19(28)16(24)12-14-8-4-3-5-9-14)13-18(27)25-17-11-7-6-10-15(17)20(21,22)23;/h3-11,16H,2,12-13,24H2,1H3,(H,25,27);1H. The number of alkyl halides is 3. The third kappa shape index (κ3) is 7.07. The van der Waals surface area contributed by atoms with E-state index in [2.05, 4.69) is 5.32 Å². The molecule has 0 aliphatic rings. The van der Waals surface area contributed by atoms with Crippen LogP contribution in [0.4, 0.5) is 18.9 Å². The zero-order valence-electron chi connectivity index (χ0n) is 15.8. The number of anilines is 1. The highest BCUT2D eigenvalue weighted by Gasteiger charge is 2.33. The number of nitrogens with two attached hydrogens (primary N) is 1. The molecule has 158 valence electrons. The minimum atomic E-state index is -4.60.